The van der Waals surface area contributed by atoms with Crippen molar-refractivity contribution < 1.29 is 9.59 Å². The maximum atomic E-state index is 13.1. The highest BCUT2D eigenvalue weighted by atomic mass is 16.2. The van der Waals surface area contributed by atoms with Gasteiger partial charge in [0, 0.05) is 18.0 Å². The standard InChI is InChI=1S/C22H32N4O2/c1-7-15(2)19(23-20(27)16-11-9-8-10-12-16)21(28)26(6)14-17-13-18(25-24-17)22(3,4)5/h8-13,15,19H,7,14H2,1-6H3,(H,23,27)(H,24,25). The Morgan fingerprint density at radius 2 is 1.86 bits per heavy atom. The molecule has 0 fully saturated rings. The highest BCUT2D eigenvalue weighted by Gasteiger charge is 2.29. The summed E-state index contributed by atoms with van der Waals surface area (Å²) >= 11 is 0. The van der Waals surface area contributed by atoms with Crippen LogP contribution in [0.1, 0.15) is 62.8 Å². The quantitative estimate of drug-likeness (QED) is 0.767. The third kappa shape index (κ3) is 5.44. The Hall–Kier alpha value is -2.63. The summed E-state index contributed by atoms with van der Waals surface area (Å²) in [6.07, 6.45) is 0.789. The zero-order chi connectivity index (χ0) is 20.9. The van der Waals surface area contributed by atoms with E-state index in [-0.39, 0.29) is 23.1 Å². The number of nitrogens with zero attached hydrogens (tertiary/aromatic N) is 2. The van der Waals surface area contributed by atoms with Crippen LogP contribution >= 0.6 is 0 Å². The number of amides is 2. The minimum absolute atomic E-state index is 0.0227. The Morgan fingerprint density at radius 1 is 1.21 bits per heavy atom. The predicted molar refractivity (Wildman–Crippen MR) is 111 cm³/mol. The smallest absolute Gasteiger partial charge is 0.251 e. The number of benzene rings is 1. The average molecular weight is 385 g/mol. The van der Waals surface area contributed by atoms with E-state index in [0.717, 1.165) is 17.8 Å². The van der Waals surface area contributed by atoms with E-state index in [1.165, 1.54) is 0 Å². The van der Waals surface area contributed by atoms with Crippen LogP contribution in [0.4, 0.5) is 0 Å². The number of carbonyl (C=O) groups is 2. The molecular formula is C22H32N4O2. The Balaban J connectivity index is 2.11. The fraction of sp³-hybridized carbons (Fsp3) is 0.500. The zero-order valence-electron chi connectivity index (χ0n) is 17.7. The number of aromatic nitrogens is 2. The van der Waals surface area contributed by atoms with E-state index in [4.69, 9.17) is 0 Å². The Bertz CT molecular complexity index is 792. The van der Waals surface area contributed by atoms with Gasteiger partial charge in [0.15, 0.2) is 0 Å². The molecule has 28 heavy (non-hydrogen) atoms. The van der Waals surface area contributed by atoms with E-state index < -0.39 is 6.04 Å². The molecule has 0 saturated carbocycles. The van der Waals surface area contributed by atoms with Crippen molar-refractivity contribution in [1.82, 2.24) is 20.4 Å². The summed E-state index contributed by atoms with van der Waals surface area (Å²) in [4.78, 5) is 27.3. The van der Waals surface area contributed by atoms with Crippen molar-refractivity contribution in [2.45, 2.75) is 59.0 Å². The van der Waals surface area contributed by atoms with Crippen LogP contribution in [0.2, 0.25) is 0 Å². The molecule has 0 spiro atoms. The summed E-state index contributed by atoms with van der Waals surface area (Å²) in [5.74, 6) is -0.315. The SMILES string of the molecule is CCC(C)C(NC(=O)c1ccccc1)C(=O)N(C)Cc1cc(C(C)(C)C)n[nH]1. The largest absolute Gasteiger partial charge is 0.340 e. The fourth-order valence-electron chi connectivity index (χ4n) is 2.89. The van der Waals surface area contributed by atoms with Gasteiger partial charge < -0.3 is 10.2 Å². The summed E-state index contributed by atoms with van der Waals surface area (Å²) in [5.41, 5.74) is 2.33. The molecular weight excluding hydrogens is 352 g/mol. The lowest BCUT2D eigenvalue weighted by molar-refractivity contribution is -0.133. The first-order chi connectivity index (χ1) is 13.1. The lowest BCUT2D eigenvalue weighted by atomic mass is 9.92. The Morgan fingerprint density at radius 3 is 2.39 bits per heavy atom. The van der Waals surface area contributed by atoms with Crippen molar-refractivity contribution in [2.24, 2.45) is 5.92 Å². The van der Waals surface area contributed by atoms with Gasteiger partial charge in [-0.25, -0.2) is 0 Å². The van der Waals surface area contributed by atoms with Crippen molar-refractivity contribution in [3.8, 4) is 0 Å². The van der Waals surface area contributed by atoms with Crippen LogP contribution in [0.25, 0.3) is 0 Å². The van der Waals surface area contributed by atoms with Gasteiger partial charge in [0.1, 0.15) is 6.04 Å². The molecule has 2 unspecified atom stereocenters. The van der Waals surface area contributed by atoms with Crippen LogP contribution < -0.4 is 5.32 Å². The predicted octanol–water partition coefficient (Wildman–Crippen LogP) is 3.51. The molecule has 2 aromatic rings. The normalized spacial score (nSPS) is 13.6. The van der Waals surface area contributed by atoms with Gasteiger partial charge in [0.05, 0.1) is 17.9 Å². The first kappa shape index (κ1) is 21.7. The molecule has 2 N–H and O–H groups in total. The molecule has 0 bridgehead atoms. The number of H-pyrrole nitrogens is 1. The summed E-state index contributed by atoms with van der Waals surface area (Å²) in [5, 5.41) is 10.3. The van der Waals surface area contributed by atoms with Gasteiger partial charge in [0.2, 0.25) is 5.91 Å². The second kappa shape index (κ2) is 9.04. The molecule has 6 heteroatoms. The third-order valence-electron chi connectivity index (χ3n) is 4.98. The lowest BCUT2D eigenvalue weighted by Gasteiger charge is -2.28. The van der Waals surface area contributed by atoms with Crippen molar-refractivity contribution in [3.63, 3.8) is 0 Å². The molecule has 0 aliphatic rings. The summed E-state index contributed by atoms with van der Waals surface area (Å²) < 4.78 is 0. The molecule has 0 saturated heterocycles. The molecule has 6 nitrogen and oxygen atoms in total. The molecule has 1 aromatic heterocycles. The van der Waals surface area contributed by atoms with E-state index in [1.807, 2.05) is 38.1 Å². The van der Waals surface area contributed by atoms with Crippen LogP contribution in [0.3, 0.4) is 0 Å². The summed E-state index contributed by atoms with van der Waals surface area (Å²) in [6.45, 7) is 10.7. The van der Waals surface area contributed by atoms with Gasteiger partial charge >= 0.3 is 0 Å². The van der Waals surface area contributed by atoms with Crippen molar-refractivity contribution in [2.75, 3.05) is 7.05 Å². The topological polar surface area (TPSA) is 78.1 Å². The molecule has 1 heterocycles. The number of hydrogen-bond donors (Lipinski definition) is 2. The number of aromatic amines is 1. The molecule has 0 aliphatic carbocycles. The lowest BCUT2D eigenvalue weighted by Crippen LogP contribution is -2.50. The number of rotatable bonds is 7. The maximum absolute atomic E-state index is 13.1. The molecule has 0 radical (unpaired) electrons. The first-order valence-electron chi connectivity index (χ1n) is 9.79. The van der Waals surface area contributed by atoms with Crippen LogP contribution in [0, 0.1) is 5.92 Å². The number of hydrogen-bond acceptors (Lipinski definition) is 3. The molecule has 152 valence electrons. The monoisotopic (exact) mass is 384 g/mol. The second-order valence-electron chi connectivity index (χ2n) is 8.43. The third-order valence-corrected chi connectivity index (χ3v) is 4.98. The summed E-state index contributed by atoms with van der Waals surface area (Å²) in [6, 6.07) is 10.4. The highest BCUT2D eigenvalue weighted by molar-refractivity contribution is 5.97. The fourth-order valence-corrected chi connectivity index (χ4v) is 2.89. The van der Waals surface area contributed by atoms with Gasteiger partial charge in [0.25, 0.3) is 5.91 Å². The molecule has 0 aliphatic heterocycles. The molecule has 2 amide bonds. The first-order valence-corrected chi connectivity index (χ1v) is 9.79. The van der Waals surface area contributed by atoms with Crippen LogP contribution in [0.15, 0.2) is 36.4 Å². The van der Waals surface area contributed by atoms with Gasteiger partial charge in [-0.1, -0.05) is 59.2 Å². The minimum Gasteiger partial charge on any atom is -0.340 e. The maximum Gasteiger partial charge on any atom is 0.251 e. The van der Waals surface area contributed by atoms with Crippen molar-refractivity contribution in [1.29, 1.82) is 0 Å². The van der Waals surface area contributed by atoms with Crippen molar-refractivity contribution in [3.05, 3.63) is 53.3 Å². The van der Waals surface area contributed by atoms with Crippen molar-refractivity contribution >= 4 is 11.8 Å². The van der Waals surface area contributed by atoms with Crippen LogP contribution in [0.5, 0.6) is 0 Å². The van der Waals surface area contributed by atoms with Gasteiger partial charge in [-0.3, -0.25) is 14.7 Å². The van der Waals surface area contributed by atoms with E-state index in [2.05, 4.69) is 36.3 Å². The summed E-state index contributed by atoms with van der Waals surface area (Å²) in [7, 11) is 1.75. The molecule has 2 rings (SSSR count). The minimum atomic E-state index is -0.576. The Kier molecular flexibility index (Phi) is 7.00. The second-order valence-corrected chi connectivity index (χ2v) is 8.43. The van der Waals surface area contributed by atoms with Crippen LogP contribution in [-0.4, -0.2) is 40.0 Å². The van der Waals surface area contributed by atoms with E-state index >= 15 is 0 Å². The Labute approximate surface area is 167 Å². The average Bonchev–Trinajstić information content (AvgIpc) is 3.14. The zero-order valence-corrected chi connectivity index (χ0v) is 17.7. The van der Waals surface area contributed by atoms with Crippen LogP contribution in [-0.2, 0) is 16.8 Å². The van der Waals surface area contributed by atoms with E-state index in [0.29, 0.717) is 12.1 Å². The van der Waals surface area contributed by atoms with E-state index in [1.54, 1.807) is 24.1 Å². The van der Waals surface area contributed by atoms with Gasteiger partial charge in [-0.15, -0.1) is 0 Å². The van der Waals surface area contributed by atoms with E-state index in [9.17, 15) is 9.59 Å². The van der Waals surface area contributed by atoms with Gasteiger partial charge in [-0.05, 0) is 24.1 Å². The number of carbonyl (C=O) groups excluding carboxylic acids is 2. The molecule has 2 atom stereocenters. The number of nitrogens with one attached hydrogen (secondary N) is 2. The molecule has 1 aromatic carbocycles. The highest BCUT2D eigenvalue weighted by Crippen LogP contribution is 2.21. The van der Waals surface area contributed by atoms with Gasteiger partial charge in [-0.2, -0.15) is 5.10 Å². The number of likely N-dealkylation sites (N-methyl/N-ethyl adjacent to an activating group) is 1.